The molecular weight excluding hydrogens is 350 g/mol. The zero-order valence-corrected chi connectivity index (χ0v) is 16.3. The highest BCUT2D eigenvalue weighted by molar-refractivity contribution is 6.16. The Kier molecular flexibility index (Phi) is 7.01. The average molecular weight is 375 g/mol. The number of rotatable bonds is 8. The van der Waals surface area contributed by atoms with Crippen molar-refractivity contribution in [2.45, 2.75) is 13.3 Å². The van der Waals surface area contributed by atoms with Crippen LogP contribution in [-0.4, -0.2) is 58.4 Å². The largest absolute Gasteiger partial charge is 0.497 e. The lowest BCUT2D eigenvalue weighted by atomic mass is 10.0. The van der Waals surface area contributed by atoms with Gasteiger partial charge in [-0.1, -0.05) is 0 Å². The maximum absolute atomic E-state index is 13.0. The Balaban J connectivity index is 2.48. The van der Waals surface area contributed by atoms with Crippen molar-refractivity contribution in [3.8, 4) is 11.5 Å². The molecule has 0 fully saturated rings. The van der Waals surface area contributed by atoms with Gasteiger partial charge in [-0.15, -0.1) is 0 Å². The van der Waals surface area contributed by atoms with E-state index < -0.39 is 5.97 Å². The molecular formula is C20H25NO6. The second-order valence-corrected chi connectivity index (χ2v) is 5.92. The number of hydrogen-bond donors (Lipinski definition) is 0. The number of nitrogens with zero attached hydrogens (tertiary/aromatic N) is 1. The summed E-state index contributed by atoms with van der Waals surface area (Å²) >= 11 is 0. The standard InChI is InChI=1S/C20H25NO6/c1-13-18(20(23)27-5)16(19(22)21(13)9-6-10-24-2)11-14-7-8-15(25-3)12-17(14)26-4/h7-8,11-12H,6,9-10H2,1-5H3. The van der Waals surface area contributed by atoms with E-state index in [2.05, 4.69) is 0 Å². The number of amides is 1. The summed E-state index contributed by atoms with van der Waals surface area (Å²) in [6.07, 6.45) is 2.31. The minimum absolute atomic E-state index is 0.248. The molecule has 0 radical (unpaired) electrons. The molecule has 1 amide bonds. The number of benzene rings is 1. The van der Waals surface area contributed by atoms with Gasteiger partial charge in [0.2, 0.25) is 0 Å². The Bertz CT molecular complexity index is 781. The molecule has 27 heavy (non-hydrogen) atoms. The van der Waals surface area contributed by atoms with Gasteiger partial charge in [0.15, 0.2) is 0 Å². The Morgan fingerprint density at radius 1 is 1.15 bits per heavy atom. The van der Waals surface area contributed by atoms with Crippen molar-refractivity contribution in [1.82, 2.24) is 4.90 Å². The first kappa shape index (κ1) is 20.5. The minimum Gasteiger partial charge on any atom is -0.497 e. The van der Waals surface area contributed by atoms with Crippen molar-refractivity contribution in [1.29, 1.82) is 0 Å². The van der Waals surface area contributed by atoms with Crippen molar-refractivity contribution >= 4 is 18.0 Å². The molecule has 0 atom stereocenters. The fourth-order valence-corrected chi connectivity index (χ4v) is 2.96. The SMILES string of the molecule is COCCCN1C(=O)C(=Cc2ccc(OC)cc2OC)C(C(=O)OC)=C1C. The summed E-state index contributed by atoms with van der Waals surface area (Å²) in [6, 6.07) is 5.26. The van der Waals surface area contributed by atoms with Crippen molar-refractivity contribution in [3.63, 3.8) is 0 Å². The lowest BCUT2D eigenvalue weighted by Gasteiger charge is -2.17. The van der Waals surface area contributed by atoms with Gasteiger partial charge in [0, 0.05) is 37.6 Å². The van der Waals surface area contributed by atoms with Crippen LogP contribution in [0, 0.1) is 0 Å². The van der Waals surface area contributed by atoms with Crippen LogP contribution in [0.25, 0.3) is 6.08 Å². The molecule has 146 valence electrons. The maximum Gasteiger partial charge on any atom is 0.340 e. The molecule has 0 N–H and O–H groups in total. The third kappa shape index (κ3) is 4.31. The van der Waals surface area contributed by atoms with Crippen molar-refractivity contribution in [2.24, 2.45) is 0 Å². The third-order valence-corrected chi connectivity index (χ3v) is 4.37. The van der Waals surface area contributed by atoms with E-state index >= 15 is 0 Å². The molecule has 7 heteroatoms. The topological polar surface area (TPSA) is 74.3 Å². The summed E-state index contributed by atoms with van der Waals surface area (Å²) in [4.78, 5) is 26.9. The number of hydrogen-bond acceptors (Lipinski definition) is 6. The van der Waals surface area contributed by atoms with Gasteiger partial charge in [-0.3, -0.25) is 4.79 Å². The van der Waals surface area contributed by atoms with Gasteiger partial charge in [-0.25, -0.2) is 4.79 Å². The molecule has 0 aromatic heterocycles. The van der Waals surface area contributed by atoms with E-state index in [1.807, 2.05) is 0 Å². The fourth-order valence-electron chi connectivity index (χ4n) is 2.96. The van der Waals surface area contributed by atoms with Crippen LogP contribution in [-0.2, 0) is 19.1 Å². The quantitative estimate of drug-likeness (QED) is 0.395. The first-order valence-electron chi connectivity index (χ1n) is 8.52. The van der Waals surface area contributed by atoms with E-state index in [4.69, 9.17) is 18.9 Å². The summed E-state index contributed by atoms with van der Waals surface area (Å²) < 4.78 is 20.5. The Labute approximate surface area is 159 Å². The van der Waals surface area contributed by atoms with Crippen molar-refractivity contribution in [3.05, 3.63) is 40.6 Å². The number of allylic oxidation sites excluding steroid dienone is 1. The van der Waals surface area contributed by atoms with E-state index in [1.54, 1.807) is 50.3 Å². The van der Waals surface area contributed by atoms with Crippen LogP contribution in [0.15, 0.2) is 35.0 Å². The van der Waals surface area contributed by atoms with Gasteiger partial charge in [0.1, 0.15) is 11.5 Å². The number of carbonyl (C=O) groups is 2. The normalized spacial score (nSPS) is 15.5. The lowest BCUT2D eigenvalue weighted by molar-refractivity contribution is -0.136. The molecule has 1 aliphatic rings. The molecule has 1 aromatic rings. The molecule has 0 aliphatic carbocycles. The Morgan fingerprint density at radius 3 is 2.48 bits per heavy atom. The Morgan fingerprint density at radius 2 is 1.89 bits per heavy atom. The summed E-state index contributed by atoms with van der Waals surface area (Å²) in [6.45, 7) is 2.72. The third-order valence-electron chi connectivity index (χ3n) is 4.37. The molecule has 0 spiro atoms. The number of carbonyl (C=O) groups excluding carboxylic acids is 2. The number of esters is 1. The number of methoxy groups -OCH3 is 4. The van der Waals surface area contributed by atoms with Gasteiger partial charge in [-0.2, -0.15) is 0 Å². The summed E-state index contributed by atoms with van der Waals surface area (Å²) in [5, 5.41) is 0. The summed E-state index contributed by atoms with van der Waals surface area (Å²) in [5.74, 6) is 0.373. The van der Waals surface area contributed by atoms with E-state index in [1.165, 1.54) is 14.2 Å². The van der Waals surface area contributed by atoms with Crippen LogP contribution in [0.5, 0.6) is 11.5 Å². The maximum atomic E-state index is 13.0. The van der Waals surface area contributed by atoms with E-state index in [-0.39, 0.29) is 17.1 Å². The van der Waals surface area contributed by atoms with Crippen LogP contribution in [0.2, 0.25) is 0 Å². The highest BCUT2D eigenvalue weighted by Gasteiger charge is 2.36. The molecule has 1 aromatic carbocycles. The lowest BCUT2D eigenvalue weighted by Crippen LogP contribution is -2.26. The number of ether oxygens (including phenoxy) is 4. The first-order chi connectivity index (χ1) is 13.0. The molecule has 1 aliphatic heterocycles. The highest BCUT2D eigenvalue weighted by Crippen LogP contribution is 2.34. The van der Waals surface area contributed by atoms with E-state index in [0.717, 1.165) is 0 Å². The van der Waals surface area contributed by atoms with E-state index in [9.17, 15) is 9.59 Å². The Hall–Kier alpha value is -2.80. The molecule has 1 heterocycles. The van der Waals surface area contributed by atoms with Gasteiger partial charge >= 0.3 is 5.97 Å². The minimum atomic E-state index is -0.547. The molecule has 0 saturated carbocycles. The molecule has 0 bridgehead atoms. The van der Waals surface area contributed by atoms with Gasteiger partial charge in [-0.05, 0) is 31.6 Å². The molecule has 0 unspecified atom stereocenters. The van der Waals surface area contributed by atoms with Crippen LogP contribution in [0.3, 0.4) is 0 Å². The molecule has 0 saturated heterocycles. The van der Waals surface area contributed by atoms with Crippen molar-refractivity contribution in [2.75, 3.05) is 41.6 Å². The van der Waals surface area contributed by atoms with Gasteiger partial charge in [0.05, 0.1) is 32.5 Å². The van der Waals surface area contributed by atoms with Gasteiger partial charge in [0.25, 0.3) is 5.91 Å². The fraction of sp³-hybridized carbons (Fsp3) is 0.400. The van der Waals surface area contributed by atoms with Crippen LogP contribution in [0.4, 0.5) is 0 Å². The zero-order chi connectivity index (χ0) is 20.0. The smallest absolute Gasteiger partial charge is 0.340 e. The second-order valence-electron chi connectivity index (χ2n) is 5.92. The van der Waals surface area contributed by atoms with Crippen LogP contribution in [0.1, 0.15) is 18.9 Å². The van der Waals surface area contributed by atoms with Crippen molar-refractivity contribution < 1.29 is 28.5 Å². The monoisotopic (exact) mass is 375 g/mol. The van der Waals surface area contributed by atoms with E-state index in [0.29, 0.717) is 42.3 Å². The average Bonchev–Trinajstić information content (AvgIpc) is 2.92. The highest BCUT2D eigenvalue weighted by atomic mass is 16.5. The predicted molar refractivity (Wildman–Crippen MR) is 100 cm³/mol. The summed E-state index contributed by atoms with van der Waals surface area (Å²) in [5.41, 5.74) is 1.77. The van der Waals surface area contributed by atoms with Gasteiger partial charge < -0.3 is 23.8 Å². The second kappa shape index (κ2) is 9.23. The first-order valence-corrected chi connectivity index (χ1v) is 8.52. The van der Waals surface area contributed by atoms with Crippen LogP contribution >= 0.6 is 0 Å². The summed E-state index contributed by atoms with van der Waals surface area (Å²) in [7, 11) is 6.00. The predicted octanol–water partition coefficient (Wildman–Crippen LogP) is 2.41. The zero-order valence-electron chi connectivity index (χ0n) is 16.3. The molecule has 7 nitrogen and oxygen atoms in total. The molecule has 2 rings (SSSR count). The van der Waals surface area contributed by atoms with Crippen LogP contribution < -0.4 is 9.47 Å².